The molecule has 2 aromatic carbocycles. The van der Waals surface area contributed by atoms with Crippen LogP contribution in [0.25, 0.3) is 0 Å². The van der Waals surface area contributed by atoms with Crippen molar-refractivity contribution in [2.24, 2.45) is 0 Å². The molecule has 0 saturated carbocycles. The van der Waals surface area contributed by atoms with Crippen molar-refractivity contribution in [3.63, 3.8) is 0 Å². The molecule has 0 amide bonds. The van der Waals surface area contributed by atoms with E-state index in [9.17, 15) is 5.11 Å². The van der Waals surface area contributed by atoms with Gasteiger partial charge in [-0.15, -0.1) is 0 Å². The van der Waals surface area contributed by atoms with Gasteiger partial charge in [-0.2, -0.15) is 0 Å². The van der Waals surface area contributed by atoms with Crippen molar-refractivity contribution in [1.29, 1.82) is 0 Å². The third kappa shape index (κ3) is 4.05. The lowest BCUT2D eigenvalue weighted by molar-refractivity contribution is 0.145. The molecule has 2 N–H and O–H groups in total. The average Bonchev–Trinajstić information content (AvgIpc) is 2.61. The minimum absolute atomic E-state index is 0.135. The van der Waals surface area contributed by atoms with E-state index in [1.54, 1.807) is 0 Å². The third-order valence-electron chi connectivity index (χ3n) is 4.68. The number of benzene rings is 2. The summed E-state index contributed by atoms with van der Waals surface area (Å²) in [5.41, 5.74) is 3.80. The number of hydrogen-bond acceptors (Lipinski definition) is 3. The first-order chi connectivity index (χ1) is 11.2. The van der Waals surface area contributed by atoms with Gasteiger partial charge in [0, 0.05) is 19.6 Å². The first kappa shape index (κ1) is 15.9. The maximum atomic E-state index is 9.70. The number of piperidine rings is 1. The van der Waals surface area contributed by atoms with E-state index in [-0.39, 0.29) is 6.10 Å². The first-order valence-corrected chi connectivity index (χ1v) is 8.55. The van der Waals surface area contributed by atoms with Crippen LogP contribution in [0.2, 0.25) is 0 Å². The number of aliphatic hydroxyl groups excluding tert-OH is 1. The smallest absolute Gasteiger partial charge is 0.0602 e. The van der Waals surface area contributed by atoms with Crippen LogP contribution in [0.1, 0.15) is 31.2 Å². The predicted octanol–water partition coefficient (Wildman–Crippen LogP) is 3.86. The highest BCUT2D eigenvalue weighted by Crippen LogP contribution is 2.29. The summed E-state index contributed by atoms with van der Waals surface area (Å²) in [5.74, 6) is 0.465. The summed E-state index contributed by atoms with van der Waals surface area (Å²) in [4.78, 5) is 2.38. The zero-order valence-corrected chi connectivity index (χ0v) is 13.8. The Morgan fingerprint density at radius 1 is 1.04 bits per heavy atom. The molecule has 0 spiro atoms. The molecule has 23 heavy (non-hydrogen) atoms. The highest BCUT2D eigenvalue weighted by molar-refractivity contribution is 5.70. The Hall–Kier alpha value is -2.00. The number of nitrogens with one attached hydrogen (secondary N) is 1. The van der Waals surface area contributed by atoms with Crippen LogP contribution in [-0.2, 0) is 0 Å². The molecular formula is C20H26N2O. The van der Waals surface area contributed by atoms with E-state index >= 15 is 0 Å². The summed E-state index contributed by atoms with van der Waals surface area (Å²) >= 11 is 0. The van der Waals surface area contributed by atoms with Crippen LogP contribution in [0.5, 0.6) is 0 Å². The lowest BCUT2D eigenvalue weighted by Gasteiger charge is -2.33. The van der Waals surface area contributed by atoms with Crippen LogP contribution in [0, 0.1) is 0 Å². The maximum Gasteiger partial charge on any atom is 0.0602 e. The Morgan fingerprint density at radius 2 is 1.70 bits per heavy atom. The molecule has 2 aromatic rings. The highest BCUT2D eigenvalue weighted by Gasteiger charge is 2.19. The number of hydrogen-bond donors (Lipinski definition) is 2. The zero-order chi connectivity index (χ0) is 16.1. The average molecular weight is 310 g/mol. The Labute approximate surface area is 139 Å². The fraction of sp³-hybridized carbons (Fsp3) is 0.400. The van der Waals surface area contributed by atoms with Crippen LogP contribution in [0.3, 0.4) is 0 Å². The normalized spacial score (nSPS) is 17.0. The van der Waals surface area contributed by atoms with Gasteiger partial charge in [0.2, 0.25) is 0 Å². The summed E-state index contributed by atoms with van der Waals surface area (Å²) in [6, 6.07) is 19.1. The van der Waals surface area contributed by atoms with Gasteiger partial charge in [-0.1, -0.05) is 49.4 Å². The van der Waals surface area contributed by atoms with Crippen molar-refractivity contribution < 1.29 is 5.11 Å². The van der Waals surface area contributed by atoms with E-state index in [0.29, 0.717) is 5.92 Å². The molecule has 1 fully saturated rings. The zero-order valence-electron chi connectivity index (χ0n) is 13.8. The fourth-order valence-corrected chi connectivity index (χ4v) is 3.17. The van der Waals surface area contributed by atoms with Crippen molar-refractivity contribution in [2.45, 2.75) is 31.8 Å². The Balaban J connectivity index is 1.66. The number of aliphatic hydroxyl groups is 1. The third-order valence-corrected chi connectivity index (χ3v) is 4.68. The molecule has 1 atom stereocenters. The minimum atomic E-state index is -0.135. The second-order valence-electron chi connectivity index (χ2n) is 6.43. The van der Waals surface area contributed by atoms with Gasteiger partial charge in [-0.25, -0.2) is 0 Å². The quantitative estimate of drug-likeness (QED) is 0.880. The summed E-state index contributed by atoms with van der Waals surface area (Å²) in [7, 11) is 0. The van der Waals surface area contributed by atoms with Gasteiger partial charge in [-0.3, -0.25) is 0 Å². The monoisotopic (exact) mass is 310 g/mol. The van der Waals surface area contributed by atoms with Crippen LogP contribution in [-0.4, -0.2) is 30.8 Å². The molecule has 0 unspecified atom stereocenters. The molecule has 1 heterocycles. The molecule has 1 saturated heterocycles. The molecule has 1 aliphatic rings. The fourth-order valence-electron chi connectivity index (χ4n) is 3.17. The second kappa shape index (κ2) is 7.51. The maximum absolute atomic E-state index is 9.70. The SMILES string of the molecule is C[C@H](CNc1ccccc1N1CCC(O)CC1)c1ccccc1. The number of para-hydroxylation sites is 2. The summed E-state index contributed by atoms with van der Waals surface area (Å²) in [5, 5.41) is 13.3. The molecular weight excluding hydrogens is 284 g/mol. The number of nitrogens with zero attached hydrogens (tertiary/aromatic N) is 1. The lowest BCUT2D eigenvalue weighted by Crippen LogP contribution is -2.36. The van der Waals surface area contributed by atoms with Crippen LogP contribution < -0.4 is 10.2 Å². The van der Waals surface area contributed by atoms with Crippen molar-refractivity contribution in [3.8, 4) is 0 Å². The number of rotatable bonds is 5. The van der Waals surface area contributed by atoms with Gasteiger partial charge in [0.05, 0.1) is 17.5 Å². The molecule has 0 aliphatic carbocycles. The van der Waals surface area contributed by atoms with E-state index in [2.05, 4.69) is 71.7 Å². The molecule has 0 aromatic heterocycles. The van der Waals surface area contributed by atoms with Gasteiger partial charge >= 0.3 is 0 Å². The number of anilines is 2. The Kier molecular flexibility index (Phi) is 5.19. The van der Waals surface area contributed by atoms with Gasteiger partial charge in [0.15, 0.2) is 0 Å². The summed E-state index contributed by atoms with van der Waals surface area (Å²) in [6.45, 7) is 5.02. The van der Waals surface area contributed by atoms with Crippen LogP contribution in [0.15, 0.2) is 54.6 Å². The first-order valence-electron chi connectivity index (χ1n) is 8.55. The van der Waals surface area contributed by atoms with E-state index < -0.39 is 0 Å². The molecule has 3 nitrogen and oxygen atoms in total. The van der Waals surface area contributed by atoms with Crippen molar-refractivity contribution in [2.75, 3.05) is 29.9 Å². The van der Waals surface area contributed by atoms with E-state index in [1.807, 2.05) is 0 Å². The molecule has 0 radical (unpaired) electrons. The van der Waals surface area contributed by atoms with Gasteiger partial charge in [-0.05, 0) is 36.5 Å². The summed E-state index contributed by atoms with van der Waals surface area (Å²) in [6.07, 6.45) is 1.58. The molecule has 1 aliphatic heterocycles. The topological polar surface area (TPSA) is 35.5 Å². The standard InChI is InChI=1S/C20H26N2O/c1-16(17-7-3-2-4-8-17)15-21-19-9-5-6-10-20(19)22-13-11-18(23)12-14-22/h2-10,16,18,21,23H,11-15H2,1H3/t16-/m1/s1. The molecule has 3 rings (SSSR count). The van der Waals surface area contributed by atoms with Gasteiger partial charge in [0.25, 0.3) is 0 Å². The molecule has 3 heteroatoms. The van der Waals surface area contributed by atoms with Crippen molar-refractivity contribution >= 4 is 11.4 Å². The van der Waals surface area contributed by atoms with Crippen LogP contribution in [0.4, 0.5) is 11.4 Å². The molecule has 122 valence electrons. The van der Waals surface area contributed by atoms with Gasteiger partial charge in [0.1, 0.15) is 0 Å². The lowest BCUT2D eigenvalue weighted by atomic mass is 10.0. The summed E-state index contributed by atoms with van der Waals surface area (Å²) < 4.78 is 0. The van der Waals surface area contributed by atoms with E-state index in [4.69, 9.17) is 0 Å². The highest BCUT2D eigenvalue weighted by atomic mass is 16.3. The second-order valence-corrected chi connectivity index (χ2v) is 6.43. The minimum Gasteiger partial charge on any atom is -0.393 e. The van der Waals surface area contributed by atoms with Crippen molar-refractivity contribution in [1.82, 2.24) is 0 Å². The van der Waals surface area contributed by atoms with Crippen LogP contribution >= 0.6 is 0 Å². The molecule has 0 bridgehead atoms. The van der Waals surface area contributed by atoms with Gasteiger partial charge < -0.3 is 15.3 Å². The van der Waals surface area contributed by atoms with E-state index in [0.717, 1.165) is 32.5 Å². The predicted molar refractivity (Wildman–Crippen MR) is 97.2 cm³/mol. The Morgan fingerprint density at radius 3 is 2.43 bits per heavy atom. The van der Waals surface area contributed by atoms with Crippen molar-refractivity contribution in [3.05, 3.63) is 60.2 Å². The van der Waals surface area contributed by atoms with E-state index in [1.165, 1.54) is 16.9 Å². The Bertz CT molecular complexity index is 606. The largest absolute Gasteiger partial charge is 0.393 e.